The number of rotatable bonds is 18. The maximum Gasteiger partial charge on any atom is 0.354 e. The molecule has 0 amide bonds. The lowest BCUT2D eigenvalue weighted by atomic mass is 9.97. The van der Waals surface area contributed by atoms with Crippen LogP contribution in [0.1, 0.15) is 50.8 Å². The Bertz CT molecular complexity index is 2310. The first kappa shape index (κ1) is 39.9. The van der Waals surface area contributed by atoms with Gasteiger partial charge in [0.1, 0.15) is 17.3 Å². The Kier molecular flexibility index (Phi) is 12.9. The molecule has 6 rings (SSSR count). The second-order valence-corrected chi connectivity index (χ2v) is 13.9. The number of halogens is 2. The quantitative estimate of drug-likeness (QED) is 0.0711. The summed E-state index contributed by atoms with van der Waals surface area (Å²) in [6.45, 7) is 6.34. The first-order chi connectivity index (χ1) is 26.6. The molecule has 0 aliphatic carbocycles. The van der Waals surface area contributed by atoms with Gasteiger partial charge in [0, 0.05) is 65.4 Å². The van der Waals surface area contributed by atoms with Gasteiger partial charge >= 0.3 is 5.97 Å². The van der Waals surface area contributed by atoms with Gasteiger partial charge in [-0.2, -0.15) is 10.2 Å². The molecule has 3 aromatic carbocycles. The molecule has 2 N–H and O–H groups in total. The van der Waals surface area contributed by atoms with Crippen LogP contribution in [0.3, 0.4) is 0 Å². The molecule has 0 radical (unpaired) electrons. The van der Waals surface area contributed by atoms with E-state index < -0.39 is 5.97 Å². The number of methoxy groups -OCH3 is 2. The second kappa shape index (κ2) is 17.8. The summed E-state index contributed by atoms with van der Waals surface area (Å²) in [5.41, 5.74) is 7.57. The molecule has 0 aliphatic heterocycles. The third kappa shape index (κ3) is 8.56. The van der Waals surface area contributed by atoms with E-state index >= 15 is 0 Å². The van der Waals surface area contributed by atoms with Crippen LogP contribution < -0.4 is 0 Å². The molecule has 0 saturated heterocycles. The van der Waals surface area contributed by atoms with Crippen LogP contribution in [0, 0.1) is 19.7 Å². The fraction of sp³-hybridized carbons (Fsp3) is 0.390. The largest absolute Gasteiger partial charge is 0.507 e. The monoisotopic (exact) mass is 775 g/mol. The van der Waals surface area contributed by atoms with Crippen LogP contribution in [0.2, 0.25) is 5.02 Å². The van der Waals surface area contributed by atoms with E-state index in [-0.39, 0.29) is 31.4 Å². The van der Waals surface area contributed by atoms with Crippen molar-refractivity contribution in [1.82, 2.24) is 24.1 Å². The Morgan fingerprint density at radius 2 is 1.75 bits per heavy atom. The van der Waals surface area contributed by atoms with Gasteiger partial charge < -0.3 is 33.7 Å². The molecule has 0 atom stereocenters. The highest BCUT2D eigenvalue weighted by Gasteiger charge is 2.28. The molecule has 0 bridgehead atoms. The summed E-state index contributed by atoms with van der Waals surface area (Å²) < 4.78 is 42.0. The molecule has 14 heteroatoms. The number of benzene rings is 3. The van der Waals surface area contributed by atoms with Gasteiger partial charge in [0.15, 0.2) is 0 Å². The van der Waals surface area contributed by atoms with Crippen LogP contribution >= 0.6 is 11.6 Å². The standard InChI is InChI=1S/C41H47ClFN5O7/c1-25-37-34(47(13-6-15-49)40(25)41(51)53-5)12-11-33(42)39(37)38-26(2)44-48(14-16-54-18-17-52-4)35(38)24-55-23-30-22-31(46(3)45-30)9-7-27-19-28-21-29(43)8-10-32(28)36(50)20-27/h8,10-12,19-22,49-50H,6-7,9,13-18,23-24H2,1-5H3. The fourth-order valence-electron chi connectivity index (χ4n) is 7.29. The molecule has 3 heterocycles. The van der Waals surface area contributed by atoms with E-state index in [4.69, 9.17) is 40.7 Å². The van der Waals surface area contributed by atoms with E-state index in [1.54, 1.807) is 19.2 Å². The van der Waals surface area contributed by atoms with Gasteiger partial charge in [-0.1, -0.05) is 17.7 Å². The number of aryl methyl sites for hydroxylation is 6. The zero-order valence-corrected chi connectivity index (χ0v) is 32.6. The third-order valence-corrected chi connectivity index (χ3v) is 10.2. The Morgan fingerprint density at radius 1 is 0.927 bits per heavy atom. The first-order valence-corrected chi connectivity index (χ1v) is 18.6. The van der Waals surface area contributed by atoms with Gasteiger partial charge in [-0.05, 0) is 92.1 Å². The van der Waals surface area contributed by atoms with Crippen molar-refractivity contribution in [2.75, 3.05) is 40.6 Å². The Morgan fingerprint density at radius 3 is 2.51 bits per heavy atom. The van der Waals surface area contributed by atoms with Crippen molar-refractivity contribution >= 4 is 39.2 Å². The maximum absolute atomic E-state index is 13.9. The van der Waals surface area contributed by atoms with Crippen LogP contribution in [0.15, 0.2) is 48.5 Å². The smallest absolute Gasteiger partial charge is 0.354 e. The number of aromatic hydroxyl groups is 1. The number of aliphatic hydroxyl groups excluding tert-OH is 1. The fourth-order valence-corrected chi connectivity index (χ4v) is 7.54. The summed E-state index contributed by atoms with van der Waals surface area (Å²) in [7, 11) is 4.86. The van der Waals surface area contributed by atoms with Crippen LogP contribution in [-0.4, -0.2) is 81.0 Å². The van der Waals surface area contributed by atoms with E-state index in [2.05, 4.69) is 0 Å². The van der Waals surface area contributed by atoms with E-state index in [0.717, 1.165) is 50.4 Å². The average Bonchev–Trinajstić information content (AvgIpc) is 3.78. The molecular formula is C41H47ClFN5O7. The number of carbonyl (C=O) groups is 1. The second-order valence-electron chi connectivity index (χ2n) is 13.5. The predicted octanol–water partition coefficient (Wildman–Crippen LogP) is 6.84. The number of aromatic nitrogens is 5. The Labute approximate surface area is 323 Å². The summed E-state index contributed by atoms with van der Waals surface area (Å²) in [5, 5.41) is 32.4. The Balaban J connectivity index is 1.28. The number of phenolic OH excluding ortho intramolecular Hbond substituents is 1. The zero-order chi connectivity index (χ0) is 39.2. The van der Waals surface area contributed by atoms with Crippen molar-refractivity contribution in [3.63, 3.8) is 0 Å². The number of hydrogen-bond acceptors (Lipinski definition) is 9. The van der Waals surface area contributed by atoms with E-state index in [1.807, 2.05) is 59.1 Å². The van der Waals surface area contributed by atoms with Crippen molar-refractivity contribution < 1.29 is 38.3 Å². The third-order valence-electron chi connectivity index (χ3n) is 9.84. The molecule has 0 aliphatic rings. The minimum absolute atomic E-state index is 0.0331. The normalized spacial score (nSPS) is 11.7. The molecule has 12 nitrogen and oxygen atoms in total. The summed E-state index contributed by atoms with van der Waals surface area (Å²) in [4.78, 5) is 13.1. The van der Waals surface area contributed by atoms with Crippen molar-refractivity contribution in [2.45, 2.75) is 59.4 Å². The molecule has 6 aromatic rings. The molecule has 3 aromatic heterocycles. The number of hydrogen-bond donors (Lipinski definition) is 2. The first-order valence-electron chi connectivity index (χ1n) is 18.2. The van der Waals surface area contributed by atoms with Crippen molar-refractivity contribution in [3.05, 3.63) is 99.0 Å². The van der Waals surface area contributed by atoms with Crippen molar-refractivity contribution in [3.8, 4) is 16.9 Å². The highest BCUT2D eigenvalue weighted by atomic mass is 35.5. The molecular weight excluding hydrogens is 729 g/mol. The van der Waals surface area contributed by atoms with Crippen LogP contribution in [-0.2, 0) is 65.1 Å². The van der Waals surface area contributed by atoms with Gasteiger partial charge in [0.25, 0.3) is 0 Å². The number of phenols is 1. The summed E-state index contributed by atoms with van der Waals surface area (Å²) >= 11 is 7.05. The number of fused-ring (bicyclic) bond motifs is 2. The average molecular weight is 776 g/mol. The number of carbonyl (C=O) groups excluding carboxylic acids is 1. The lowest BCUT2D eigenvalue weighted by Crippen LogP contribution is -2.13. The van der Waals surface area contributed by atoms with Crippen LogP contribution in [0.5, 0.6) is 5.75 Å². The van der Waals surface area contributed by atoms with E-state index in [1.165, 1.54) is 19.2 Å². The number of aliphatic hydroxyl groups is 1. The van der Waals surface area contributed by atoms with Gasteiger partial charge in [-0.3, -0.25) is 9.36 Å². The number of esters is 1. The summed E-state index contributed by atoms with van der Waals surface area (Å²) in [6.07, 6.45) is 1.73. The lowest BCUT2D eigenvalue weighted by molar-refractivity contribution is 0.0587. The number of nitrogens with zero attached hydrogens (tertiary/aromatic N) is 5. The molecule has 0 spiro atoms. The van der Waals surface area contributed by atoms with Gasteiger partial charge in [0.2, 0.25) is 0 Å². The van der Waals surface area contributed by atoms with Crippen molar-refractivity contribution in [2.24, 2.45) is 7.05 Å². The SMILES string of the molecule is COCCOCCn1nc(C)c(-c2c(Cl)ccc3c2c(C)c(C(=O)OC)n3CCCO)c1COCc1cc(CCc2cc(O)c3ccc(F)cc3c2)n(C)n1. The lowest BCUT2D eigenvalue weighted by Gasteiger charge is -2.14. The highest BCUT2D eigenvalue weighted by molar-refractivity contribution is 6.35. The van der Waals surface area contributed by atoms with Crippen molar-refractivity contribution in [1.29, 1.82) is 0 Å². The van der Waals surface area contributed by atoms with E-state index in [9.17, 15) is 19.4 Å². The predicted molar refractivity (Wildman–Crippen MR) is 208 cm³/mol. The maximum atomic E-state index is 13.9. The topological polar surface area (TPSA) is 135 Å². The zero-order valence-electron chi connectivity index (χ0n) is 31.8. The number of ether oxygens (including phenoxy) is 4. The molecule has 0 saturated carbocycles. The van der Waals surface area contributed by atoms with Gasteiger partial charge in [-0.15, -0.1) is 0 Å². The summed E-state index contributed by atoms with van der Waals surface area (Å²) in [5.74, 6) is -0.700. The van der Waals surface area contributed by atoms with E-state index in [0.29, 0.717) is 79.2 Å². The Hall–Kier alpha value is -4.79. The van der Waals surface area contributed by atoms with Gasteiger partial charge in [0.05, 0.1) is 63.8 Å². The van der Waals surface area contributed by atoms with Gasteiger partial charge in [-0.25, -0.2) is 9.18 Å². The summed E-state index contributed by atoms with van der Waals surface area (Å²) in [6, 6.07) is 13.7. The highest BCUT2D eigenvalue weighted by Crippen LogP contribution is 2.43. The molecule has 55 heavy (non-hydrogen) atoms. The molecule has 292 valence electrons. The molecule has 0 unspecified atom stereocenters. The van der Waals surface area contributed by atoms with Crippen LogP contribution in [0.4, 0.5) is 4.39 Å². The van der Waals surface area contributed by atoms with Crippen LogP contribution in [0.25, 0.3) is 32.8 Å². The molecule has 0 fully saturated rings. The minimum atomic E-state index is -0.474. The minimum Gasteiger partial charge on any atom is -0.507 e.